The van der Waals surface area contributed by atoms with Crippen molar-refractivity contribution in [1.82, 2.24) is 9.80 Å². The molecule has 0 N–H and O–H groups in total. The van der Waals surface area contributed by atoms with Gasteiger partial charge in [-0.2, -0.15) is 0 Å². The monoisotopic (exact) mass is 394 g/mol. The second-order valence-electron chi connectivity index (χ2n) is 8.38. The minimum Gasteiger partial charge on any atom is -0.342 e. The van der Waals surface area contributed by atoms with Crippen molar-refractivity contribution in [2.75, 3.05) is 19.6 Å². The number of rotatable bonds is 4. The third-order valence-corrected chi connectivity index (χ3v) is 6.36. The van der Waals surface area contributed by atoms with Crippen LogP contribution in [0.15, 0.2) is 48.5 Å². The minimum absolute atomic E-state index is 0.00547. The van der Waals surface area contributed by atoms with Crippen LogP contribution in [0.2, 0.25) is 0 Å². The molecule has 0 spiro atoms. The summed E-state index contributed by atoms with van der Waals surface area (Å²) in [6.45, 7) is 5.55. The Balaban J connectivity index is 1.45. The zero-order valence-corrected chi connectivity index (χ0v) is 17.0. The van der Waals surface area contributed by atoms with Crippen LogP contribution in [-0.4, -0.2) is 41.2 Å². The second-order valence-corrected chi connectivity index (χ2v) is 8.38. The van der Waals surface area contributed by atoms with Gasteiger partial charge in [0.05, 0.1) is 6.04 Å². The quantitative estimate of drug-likeness (QED) is 0.793. The lowest BCUT2D eigenvalue weighted by molar-refractivity contribution is -0.131. The summed E-state index contributed by atoms with van der Waals surface area (Å²) in [6, 6.07) is 14.6. The molecule has 5 heteroatoms. The number of nitrogens with zero attached hydrogens (tertiary/aromatic N) is 2. The lowest BCUT2D eigenvalue weighted by atomic mass is 9.89. The van der Waals surface area contributed by atoms with Crippen LogP contribution in [0.5, 0.6) is 0 Å². The number of carbonyl (C=O) groups is 2. The second kappa shape index (κ2) is 7.97. The van der Waals surface area contributed by atoms with Crippen molar-refractivity contribution >= 4 is 11.8 Å². The van der Waals surface area contributed by atoms with Gasteiger partial charge in [-0.05, 0) is 36.6 Å². The molecule has 4 rings (SSSR count). The number of amides is 2. The molecule has 0 aliphatic carbocycles. The fraction of sp³-hybridized carbons (Fsp3) is 0.417. The van der Waals surface area contributed by atoms with E-state index in [-0.39, 0.29) is 35.5 Å². The van der Waals surface area contributed by atoms with Crippen LogP contribution in [0, 0.1) is 24.6 Å². The molecule has 2 aliphatic rings. The fourth-order valence-corrected chi connectivity index (χ4v) is 4.85. The van der Waals surface area contributed by atoms with Crippen molar-refractivity contribution in [1.29, 1.82) is 0 Å². The minimum atomic E-state index is -0.293. The van der Waals surface area contributed by atoms with Gasteiger partial charge in [0.2, 0.25) is 11.8 Å². The van der Waals surface area contributed by atoms with Gasteiger partial charge in [0, 0.05) is 44.8 Å². The van der Waals surface area contributed by atoms with E-state index in [2.05, 4.69) is 31.2 Å². The number of carbonyl (C=O) groups excluding carboxylic acids is 2. The molecular weight excluding hydrogens is 367 g/mol. The summed E-state index contributed by atoms with van der Waals surface area (Å²) in [6.07, 6.45) is 1.22. The Hall–Kier alpha value is -2.69. The summed E-state index contributed by atoms with van der Waals surface area (Å²) in [7, 11) is 0. The molecule has 29 heavy (non-hydrogen) atoms. The van der Waals surface area contributed by atoms with Crippen LogP contribution in [0.3, 0.4) is 0 Å². The van der Waals surface area contributed by atoms with E-state index in [1.165, 1.54) is 23.3 Å². The molecule has 2 saturated heterocycles. The van der Waals surface area contributed by atoms with E-state index in [0.717, 1.165) is 12.0 Å². The first kappa shape index (κ1) is 19.6. The largest absolute Gasteiger partial charge is 0.342 e. The Morgan fingerprint density at radius 1 is 1.07 bits per heavy atom. The Labute approximate surface area is 171 Å². The molecule has 152 valence electrons. The number of hydrogen-bond acceptors (Lipinski definition) is 2. The predicted molar refractivity (Wildman–Crippen MR) is 110 cm³/mol. The van der Waals surface area contributed by atoms with Crippen molar-refractivity contribution < 1.29 is 14.0 Å². The van der Waals surface area contributed by atoms with E-state index in [1.807, 2.05) is 15.9 Å². The number of likely N-dealkylation sites (tertiary alicyclic amines) is 2. The summed E-state index contributed by atoms with van der Waals surface area (Å²) in [5, 5.41) is 0. The van der Waals surface area contributed by atoms with Crippen LogP contribution in [0.1, 0.15) is 36.1 Å². The zero-order chi connectivity index (χ0) is 20.5. The number of fused-ring (bicyclic) bond motifs is 1. The number of hydrogen-bond donors (Lipinski definition) is 0. The van der Waals surface area contributed by atoms with Crippen LogP contribution in [0.25, 0.3) is 0 Å². The molecule has 2 fully saturated rings. The van der Waals surface area contributed by atoms with E-state index >= 15 is 0 Å². The van der Waals surface area contributed by atoms with Gasteiger partial charge in [0.25, 0.3) is 0 Å². The van der Waals surface area contributed by atoms with E-state index in [9.17, 15) is 14.0 Å². The van der Waals surface area contributed by atoms with Crippen LogP contribution in [-0.2, 0) is 16.0 Å². The number of aryl methyl sites for hydroxylation is 2. The molecule has 2 amide bonds. The van der Waals surface area contributed by atoms with E-state index < -0.39 is 0 Å². The van der Waals surface area contributed by atoms with Crippen LogP contribution >= 0.6 is 0 Å². The molecular formula is C24H27FN2O2. The summed E-state index contributed by atoms with van der Waals surface area (Å²) in [5.41, 5.74) is 3.20. The summed E-state index contributed by atoms with van der Waals surface area (Å²) in [5.74, 6) is 0.274. The van der Waals surface area contributed by atoms with Gasteiger partial charge >= 0.3 is 0 Å². The summed E-state index contributed by atoms with van der Waals surface area (Å²) < 4.78 is 13.8. The average molecular weight is 394 g/mol. The number of halogens is 1. The Morgan fingerprint density at radius 3 is 2.52 bits per heavy atom. The molecule has 0 unspecified atom stereocenters. The highest BCUT2D eigenvalue weighted by Gasteiger charge is 2.49. The molecule has 2 aromatic rings. The van der Waals surface area contributed by atoms with Gasteiger partial charge in [-0.15, -0.1) is 0 Å². The first-order valence-electron chi connectivity index (χ1n) is 10.3. The average Bonchev–Trinajstić information content (AvgIpc) is 3.25. The molecule has 0 radical (unpaired) electrons. The third kappa shape index (κ3) is 4.04. The molecule has 3 atom stereocenters. The lowest BCUT2D eigenvalue weighted by Gasteiger charge is -2.29. The van der Waals surface area contributed by atoms with Crippen LogP contribution < -0.4 is 0 Å². The summed E-state index contributed by atoms with van der Waals surface area (Å²) in [4.78, 5) is 28.8. The fourth-order valence-electron chi connectivity index (χ4n) is 4.85. The molecule has 0 bridgehead atoms. The van der Waals surface area contributed by atoms with Crippen molar-refractivity contribution in [3.63, 3.8) is 0 Å². The molecule has 4 nitrogen and oxygen atoms in total. The lowest BCUT2D eigenvalue weighted by Crippen LogP contribution is -2.36. The Bertz CT molecular complexity index is 911. The first-order valence-corrected chi connectivity index (χ1v) is 10.3. The molecule has 2 aromatic carbocycles. The Morgan fingerprint density at radius 2 is 1.83 bits per heavy atom. The van der Waals surface area contributed by atoms with Crippen molar-refractivity contribution in [2.24, 2.45) is 11.8 Å². The van der Waals surface area contributed by atoms with Gasteiger partial charge in [-0.25, -0.2) is 4.39 Å². The third-order valence-electron chi connectivity index (χ3n) is 6.36. The number of benzene rings is 2. The molecule has 2 aliphatic heterocycles. The van der Waals surface area contributed by atoms with Crippen LogP contribution in [0.4, 0.5) is 4.39 Å². The highest BCUT2D eigenvalue weighted by atomic mass is 19.1. The van der Waals surface area contributed by atoms with E-state index in [1.54, 1.807) is 13.0 Å². The maximum absolute atomic E-state index is 13.8. The SMILES string of the molecule is CC(=O)N1C[C@H]2CN(C(=O)CCc3ccc(C)cc3)C[C@H]2[C@@H]1c1cccc(F)c1. The maximum atomic E-state index is 13.8. The van der Waals surface area contributed by atoms with Crippen molar-refractivity contribution in [2.45, 2.75) is 32.7 Å². The zero-order valence-electron chi connectivity index (χ0n) is 17.0. The highest BCUT2D eigenvalue weighted by molar-refractivity contribution is 5.77. The molecule has 2 heterocycles. The normalized spacial score (nSPS) is 23.3. The van der Waals surface area contributed by atoms with Gasteiger partial charge < -0.3 is 9.80 Å². The smallest absolute Gasteiger partial charge is 0.222 e. The van der Waals surface area contributed by atoms with Gasteiger partial charge in [-0.3, -0.25) is 9.59 Å². The first-order chi connectivity index (χ1) is 13.9. The standard InChI is InChI=1S/C24H27FN2O2/c1-16-6-8-18(9-7-16)10-11-23(29)26-13-20-14-27(17(2)28)24(22(20)15-26)19-4-3-5-21(25)12-19/h3-9,12,20,22,24H,10-11,13-15H2,1-2H3/t20-,22-,24+/m1/s1. The van der Waals surface area contributed by atoms with E-state index in [4.69, 9.17) is 0 Å². The van der Waals surface area contributed by atoms with Crippen molar-refractivity contribution in [3.05, 3.63) is 71.0 Å². The maximum Gasteiger partial charge on any atom is 0.222 e. The Kier molecular flexibility index (Phi) is 5.39. The van der Waals surface area contributed by atoms with Gasteiger partial charge in [0.1, 0.15) is 5.82 Å². The van der Waals surface area contributed by atoms with Gasteiger partial charge in [0.15, 0.2) is 0 Å². The summed E-state index contributed by atoms with van der Waals surface area (Å²) >= 11 is 0. The van der Waals surface area contributed by atoms with Crippen molar-refractivity contribution in [3.8, 4) is 0 Å². The van der Waals surface area contributed by atoms with E-state index in [0.29, 0.717) is 26.1 Å². The topological polar surface area (TPSA) is 40.6 Å². The predicted octanol–water partition coefficient (Wildman–Crippen LogP) is 3.74. The molecule has 0 aromatic heterocycles. The van der Waals surface area contributed by atoms with Gasteiger partial charge in [-0.1, -0.05) is 42.0 Å². The molecule has 0 saturated carbocycles. The highest BCUT2D eigenvalue weighted by Crippen LogP contribution is 2.45.